The normalized spacial score (nSPS) is 29.2. The van der Waals surface area contributed by atoms with E-state index in [1.165, 1.54) is 13.2 Å². The zero-order valence-corrected chi connectivity index (χ0v) is 13.8. The van der Waals surface area contributed by atoms with E-state index in [0.717, 1.165) is 30.5 Å². The van der Waals surface area contributed by atoms with Gasteiger partial charge in [0, 0.05) is 30.4 Å². The van der Waals surface area contributed by atoms with Crippen molar-refractivity contribution in [3.8, 4) is 0 Å². The highest BCUT2D eigenvalue weighted by Crippen LogP contribution is 2.48. The van der Waals surface area contributed by atoms with Crippen molar-refractivity contribution in [1.29, 1.82) is 0 Å². The molecule has 124 valence electrons. The summed E-state index contributed by atoms with van der Waals surface area (Å²) in [7, 11) is 3.28. The Hall–Kier alpha value is -2.11. The molecule has 0 radical (unpaired) electrons. The lowest BCUT2D eigenvalue weighted by molar-refractivity contribution is -0.148. The number of aromatic nitrogens is 2. The molecule has 0 aliphatic heterocycles. The lowest BCUT2D eigenvalue weighted by Gasteiger charge is -2.29. The minimum absolute atomic E-state index is 0.103. The Morgan fingerprint density at radius 1 is 1.39 bits per heavy atom. The molecule has 2 aliphatic rings. The molecule has 2 aliphatic carbocycles. The number of nitrogens with one attached hydrogen (secondary N) is 1. The highest BCUT2D eigenvalue weighted by atomic mass is 16.5. The molecule has 1 N–H and O–H groups in total. The number of amides is 1. The number of aryl methyl sites for hydroxylation is 1. The predicted octanol–water partition coefficient (Wildman–Crippen LogP) is 1.45. The van der Waals surface area contributed by atoms with E-state index in [-0.39, 0.29) is 23.8 Å². The topological polar surface area (TPSA) is 73.2 Å². The fourth-order valence-corrected chi connectivity index (χ4v) is 4.03. The summed E-state index contributed by atoms with van der Waals surface area (Å²) in [6.45, 7) is 1.95. The number of rotatable bonds is 4. The molecular formula is C17H23N3O3. The van der Waals surface area contributed by atoms with E-state index >= 15 is 0 Å². The number of carbonyl (C=O) groups is 2. The lowest BCUT2D eigenvalue weighted by Crippen LogP contribution is -2.46. The molecule has 4 unspecified atom stereocenters. The standard InChI is InChI=1S/C17H23N3O3/c1-10-13(9-18-20(10)2)6-7-14(21)19-16-12-5-4-11(8-12)15(16)17(22)23-3/h6-7,9,11-12,15-16H,4-5,8H2,1-3H3,(H,19,21)/b7-6+. The summed E-state index contributed by atoms with van der Waals surface area (Å²) in [5.74, 6) is 0.175. The summed E-state index contributed by atoms with van der Waals surface area (Å²) in [6, 6.07) is -0.103. The van der Waals surface area contributed by atoms with Gasteiger partial charge in [-0.2, -0.15) is 5.10 Å². The second-order valence-corrected chi connectivity index (χ2v) is 6.56. The second kappa shape index (κ2) is 6.18. The smallest absolute Gasteiger partial charge is 0.311 e. The minimum atomic E-state index is -0.199. The number of fused-ring (bicyclic) bond motifs is 2. The fourth-order valence-electron chi connectivity index (χ4n) is 4.03. The van der Waals surface area contributed by atoms with E-state index in [4.69, 9.17) is 4.74 Å². The van der Waals surface area contributed by atoms with Crippen molar-refractivity contribution < 1.29 is 14.3 Å². The van der Waals surface area contributed by atoms with Gasteiger partial charge in [0.05, 0.1) is 19.2 Å². The lowest BCUT2D eigenvalue weighted by atomic mass is 9.84. The molecule has 23 heavy (non-hydrogen) atoms. The minimum Gasteiger partial charge on any atom is -0.469 e. The number of methoxy groups -OCH3 is 1. The molecule has 2 bridgehead atoms. The summed E-state index contributed by atoms with van der Waals surface area (Å²) in [5, 5.41) is 7.17. The number of hydrogen-bond donors (Lipinski definition) is 1. The van der Waals surface area contributed by atoms with Gasteiger partial charge in [-0.15, -0.1) is 0 Å². The average molecular weight is 317 g/mol. The first-order valence-corrected chi connectivity index (χ1v) is 8.06. The molecule has 0 spiro atoms. The predicted molar refractivity (Wildman–Crippen MR) is 85.2 cm³/mol. The van der Waals surface area contributed by atoms with Crippen LogP contribution in [-0.4, -0.2) is 34.8 Å². The zero-order chi connectivity index (χ0) is 16.6. The third-order valence-corrected chi connectivity index (χ3v) is 5.39. The Bertz CT molecular complexity index is 650. The highest BCUT2D eigenvalue weighted by Gasteiger charge is 2.51. The summed E-state index contributed by atoms with van der Waals surface area (Å²) < 4.78 is 6.69. The van der Waals surface area contributed by atoms with Gasteiger partial charge in [0.25, 0.3) is 0 Å². The van der Waals surface area contributed by atoms with Gasteiger partial charge >= 0.3 is 5.97 Å². The number of ether oxygens (including phenoxy) is 1. The third kappa shape index (κ3) is 2.90. The van der Waals surface area contributed by atoms with Gasteiger partial charge in [-0.1, -0.05) is 0 Å². The SMILES string of the molecule is COC(=O)C1C2CCC(C2)C1NC(=O)/C=C/c1cnn(C)c1C. The molecule has 2 fully saturated rings. The van der Waals surface area contributed by atoms with Crippen molar-refractivity contribution in [3.05, 3.63) is 23.5 Å². The monoisotopic (exact) mass is 317 g/mol. The largest absolute Gasteiger partial charge is 0.469 e. The van der Waals surface area contributed by atoms with Crippen LogP contribution in [0.5, 0.6) is 0 Å². The third-order valence-electron chi connectivity index (χ3n) is 5.39. The first kappa shape index (κ1) is 15.8. The molecule has 1 amide bonds. The quantitative estimate of drug-likeness (QED) is 0.674. The van der Waals surface area contributed by atoms with Gasteiger partial charge in [-0.3, -0.25) is 14.3 Å². The van der Waals surface area contributed by atoms with Crippen LogP contribution < -0.4 is 5.32 Å². The van der Waals surface area contributed by atoms with Crippen LogP contribution in [0.3, 0.4) is 0 Å². The molecule has 6 nitrogen and oxygen atoms in total. The highest BCUT2D eigenvalue weighted by molar-refractivity contribution is 5.92. The molecule has 2 saturated carbocycles. The van der Waals surface area contributed by atoms with Crippen molar-refractivity contribution >= 4 is 18.0 Å². The number of nitrogens with zero attached hydrogens (tertiary/aromatic N) is 2. The van der Waals surface area contributed by atoms with Crippen molar-refractivity contribution in [2.75, 3.05) is 7.11 Å². The van der Waals surface area contributed by atoms with Crippen molar-refractivity contribution in [3.63, 3.8) is 0 Å². The molecular weight excluding hydrogens is 294 g/mol. The zero-order valence-electron chi connectivity index (χ0n) is 13.8. The summed E-state index contributed by atoms with van der Waals surface area (Å²) in [5.41, 5.74) is 1.92. The van der Waals surface area contributed by atoms with Crippen LogP contribution in [0.1, 0.15) is 30.5 Å². The Balaban J connectivity index is 1.67. The Morgan fingerprint density at radius 3 is 2.78 bits per heavy atom. The average Bonchev–Trinajstić information content (AvgIpc) is 3.22. The molecule has 1 heterocycles. The first-order valence-electron chi connectivity index (χ1n) is 8.06. The van der Waals surface area contributed by atoms with Crippen molar-refractivity contribution in [2.24, 2.45) is 24.8 Å². The van der Waals surface area contributed by atoms with E-state index in [1.54, 1.807) is 17.0 Å². The van der Waals surface area contributed by atoms with Crippen LogP contribution in [0.4, 0.5) is 0 Å². The molecule has 0 saturated heterocycles. The van der Waals surface area contributed by atoms with Gasteiger partial charge < -0.3 is 10.1 Å². The maximum atomic E-state index is 12.2. The molecule has 6 heteroatoms. The number of esters is 1. The van der Waals surface area contributed by atoms with Gasteiger partial charge in [0.2, 0.25) is 5.91 Å². The van der Waals surface area contributed by atoms with Crippen molar-refractivity contribution in [1.82, 2.24) is 15.1 Å². The Labute approximate surface area is 135 Å². The van der Waals surface area contributed by atoms with E-state index in [0.29, 0.717) is 11.8 Å². The second-order valence-electron chi connectivity index (χ2n) is 6.56. The first-order chi connectivity index (χ1) is 11.0. The van der Waals surface area contributed by atoms with Crippen LogP contribution in [-0.2, 0) is 21.4 Å². The van der Waals surface area contributed by atoms with E-state index in [2.05, 4.69) is 10.4 Å². The van der Waals surface area contributed by atoms with Crippen molar-refractivity contribution in [2.45, 2.75) is 32.2 Å². The van der Waals surface area contributed by atoms with Gasteiger partial charge in [0.1, 0.15) is 0 Å². The molecule has 0 aromatic carbocycles. The van der Waals surface area contributed by atoms with Crippen LogP contribution in [0.2, 0.25) is 0 Å². The van der Waals surface area contributed by atoms with Gasteiger partial charge in [0.15, 0.2) is 0 Å². The summed E-state index contributed by atoms with van der Waals surface area (Å²) in [6.07, 6.45) is 8.16. The van der Waals surface area contributed by atoms with Gasteiger partial charge in [-0.05, 0) is 44.1 Å². The fraction of sp³-hybridized carbons (Fsp3) is 0.588. The van der Waals surface area contributed by atoms with Crippen LogP contribution in [0.25, 0.3) is 6.08 Å². The molecule has 1 aromatic heterocycles. The Kier molecular flexibility index (Phi) is 4.24. The van der Waals surface area contributed by atoms with Crippen LogP contribution in [0, 0.1) is 24.7 Å². The molecule has 1 aromatic rings. The Morgan fingerprint density at radius 2 is 2.13 bits per heavy atom. The van der Waals surface area contributed by atoms with Crippen LogP contribution >= 0.6 is 0 Å². The summed E-state index contributed by atoms with van der Waals surface area (Å²) in [4.78, 5) is 24.3. The van der Waals surface area contributed by atoms with Gasteiger partial charge in [-0.25, -0.2) is 0 Å². The van der Waals surface area contributed by atoms with E-state index in [9.17, 15) is 9.59 Å². The van der Waals surface area contributed by atoms with Crippen LogP contribution in [0.15, 0.2) is 12.3 Å². The number of hydrogen-bond acceptors (Lipinski definition) is 4. The molecule has 4 atom stereocenters. The molecule has 3 rings (SSSR count). The summed E-state index contributed by atoms with van der Waals surface area (Å²) >= 11 is 0. The van der Waals surface area contributed by atoms with E-state index in [1.807, 2.05) is 14.0 Å². The maximum absolute atomic E-state index is 12.2. The maximum Gasteiger partial charge on any atom is 0.311 e. The number of carbonyl (C=O) groups excluding carboxylic acids is 2. The van der Waals surface area contributed by atoms with E-state index < -0.39 is 0 Å².